The van der Waals surface area contributed by atoms with Crippen LogP contribution < -0.4 is 5.73 Å². The summed E-state index contributed by atoms with van der Waals surface area (Å²) >= 11 is 17.3. The lowest BCUT2D eigenvalue weighted by Gasteiger charge is -2.08. The number of nitrogens with two attached hydrogens (primary N) is 1. The summed E-state index contributed by atoms with van der Waals surface area (Å²) in [5.74, 6) is -0.0403. The molecule has 1 aromatic rings. The van der Waals surface area contributed by atoms with E-state index in [-0.39, 0.29) is 23.2 Å². The molecule has 0 fully saturated rings. The Morgan fingerprint density at radius 3 is 2.29 bits per heavy atom. The van der Waals surface area contributed by atoms with Crippen molar-refractivity contribution in [3.8, 4) is 5.75 Å². The van der Waals surface area contributed by atoms with Crippen molar-refractivity contribution in [2.75, 3.05) is 6.54 Å². The van der Waals surface area contributed by atoms with Gasteiger partial charge in [-0.2, -0.15) is 0 Å². The van der Waals surface area contributed by atoms with Crippen LogP contribution in [-0.4, -0.2) is 11.7 Å². The van der Waals surface area contributed by atoms with E-state index in [0.717, 1.165) is 0 Å². The number of benzene rings is 1. The Morgan fingerprint density at radius 1 is 1.21 bits per heavy atom. The average molecular weight is 277 g/mol. The Labute approximate surface area is 103 Å². The summed E-state index contributed by atoms with van der Waals surface area (Å²) in [6, 6.07) is 1.40. The second-order valence-corrected chi connectivity index (χ2v) is 3.71. The zero-order valence-corrected chi connectivity index (χ0v) is 10.1. The fourth-order valence-corrected chi connectivity index (χ4v) is 1.75. The minimum atomic E-state index is -0.0403. The van der Waals surface area contributed by atoms with Crippen LogP contribution in [0, 0.1) is 0 Å². The van der Waals surface area contributed by atoms with E-state index in [9.17, 15) is 5.11 Å². The standard InChI is InChI=1S/C8H8Cl3NO.ClH/c9-5-3-6(10)8(13)4(1-2-12)7(5)11;/h3,13H,1-2,12H2;1H. The molecule has 80 valence electrons. The molecule has 0 heterocycles. The molecule has 3 N–H and O–H groups in total. The summed E-state index contributed by atoms with van der Waals surface area (Å²) < 4.78 is 0. The molecule has 0 saturated carbocycles. The van der Waals surface area contributed by atoms with Crippen molar-refractivity contribution in [3.63, 3.8) is 0 Å². The van der Waals surface area contributed by atoms with Crippen LogP contribution in [0.15, 0.2) is 6.07 Å². The summed E-state index contributed by atoms with van der Waals surface area (Å²) in [5, 5.41) is 10.3. The van der Waals surface area contributed by atoms with E-state index in [4.69, 9.17) is 40.5 Å². The monoisotopic (exact) mass is 275 g/mol. The molecule has 6 heteroatoms. The van der Waals surface area contributed by atoms with Gasteiger partial charge in [0.25, 0.3) is 0 Å². The number of phenols is 1. The molecule has 0 aromatic heterocycles. The molecule has 0 aliphatic heterocycles. The summed E-state index contributed by atoms with van der Waals surface area (Å²) in [4.78, 5) is 0. The van der Waals surface area contributed by atoms with E-state index in [1.165, 1.54) is 6.07 Å². The van der Waals surface area contributed by atoms with Crippen LogP contribution in [0.5, 0.6) is 5.75 Å². The predicted octanol–water partition coefficient (Wildman–Crippen LogP) is 3.28. The summed E-state index contributed by atoms with van der Waals surface area (Å²) in [5.41, 5.74) is 5.84. The topological polar surface area (TPSA) is 46.2 Å². The van der Waals surface area contributed by atoms with E-state index in [0.29, 0.717) is 28.6 Å². The highest BCUT2D eigenvalue weighted by Gasteiger charge is 2.13. The quantitative estimate of drug-likeness (QED) is 0.815. The first-order valence-electron chi connectivity index (χ1n) is 3.63. The SMILES string of the molecule is Cl.NCCc1c(O)c(Cl)cc(Cl)c1Cl. The molecule has 0 saturated heterocycles. The van der Waals surface area contributed by atoms with E-state index >= 15 is 0 Å². The van der Waals surface area contributed by atoms with Gasteiger partial charge in [0.2, 0.25) is 0 Å². The lowest BCUT2D eigenvalue weighted by Crippen LogP contribution is -2.03. The number of hydrogen-bond donors (Lipinski definition) is 2. The van der Waals surface area contributed by atoms with Gasteiger partial charge in [0.15, 0.2) is 0 Å². The summed E-state index contributed by atoms with van der Waals surface area (Å²) in [6.07, 6.45) is 0.449. The number of phenolic OH excluding ortho intramolecular Hbond substituents is 1. The second kappa shape index (κ2) is 5.89. The molecular weight excluding hydrogens is 268 g/mol. The maximum atomic E-state index is 9.50. The van der Waals surface area contributed by atoms with Crippen LogP contribution in [0.25, 0.3) is 0 Å². The number of aromatic hydroxyl groups is 1. The third kappa shape index (κ3) is 2.81. The molecular formula is C8H9Cl4NO. The van der Waals surface area contributed by atoms with Gasteiger partial charge >= 0.3 is 0 Å². The Balaban J connectivity index is 0.00000169. The molecule has 0 unspecified atom stereocenters. The summed E-state index contributed by atoms with van der Waals surface area (Å²) in [6.45, 7) is 0.379. The molecule has 1 aromatic carbocycles. The fraction of sp³-hybridized carbons (Fsp3) is 0.250. The first-order chi connectivity index (χ1) is 6.07. The van der Waals surface area contributed by atoms with Crippen LogP contribution in [-0.2, 0) is 6.42 Å². The lowest BCUT2D eigenvalue weighted by molar-refractivity contribution is 0.468. The van der Waals surface area contributed by atoms with Gasteiger partial charge in [-0.15, -0.1) is 12.4 Å². The highest BCUT2D eigenvalue weighted by atomic mass is 35.5. The van der Waals surface area contributed by atoms with Gasteiger partial charge in [-0.25, -0.2) is 0 Å². The first kappa shape index (κ1) is 14.1. The van der Waals surface area contributed by atoms with Crippen molar-refractivity contribution >= 4 is 47.2 Å². The third-order valence-corrected chi connectivity index (χ3v) is 2.75. The van der Waals surface area contributed by atoms with Crippen LogP contribution in [0.2, 0.25) is 15.1 Å². The van der Waals surface area contributed by atoms with E-state index in [1.807, 2.05) is 0 Å². The number of halogens is 4. The maximum absolute atomic E-state index is 9.50. The van der Waals surface area contributed by atoms with Crippen LogP contribution in [0.4, 0.5) is 0 Å². The predicted molar refractivity (Wildman–Crippen MR) is 63.1 cm³/mol. The van der Waals surface area contributed by atoms with Crippen molar-refractivity contribution < 1.29 is 5.11 Å². The first-order valence-corrected chi connectivity index (χ1v) is 4.76. The highest BCUT2D eigenvalue weighted by molar-refractivity contribution is 6.44. The second-order valence-electron chi connectivity index (χ2n) is 2.52. The number of hydrogen-bond acceptors (Lipinski definition) is 2. The van der Waals surface area contributed by atoms with Gasteiger partial charge in [0.1, 0.15) is 5.75 Å². The minimum absolute atomic E-state index is 0. The molecule has 0 atom stereocenters. The molecule has 0 aliphatic carbocycles. The van der Waals surface area contributed by atoms with Crippen molar-refractivity contribution in [3.05, 3.63) is 26.7 Å². The van der Waals surface area contributed by atoms with Gasteiger partial charge in [-0.1, -0.05) is 34.8 Å². The van der Waals surface area contributed by atoms with Crippen molar-refractivity contribution in [1.29, 1.82) is 0 Å². The van der Waals surface area contributed by atoms with Crippen molar-refractivity contribution in [1.82, 2.24) is 0 Å². The van der Waals surface area contributed by atoms with Crippen molar-refractivity contribution in [2.24, 2.45) is 5.73 Å². The highest BCUT2D eigenvalue weighted by Crippen LogP contribution is 2.38. The van der Waals surface area contributed by atoms with Crippen LogP contribution >= 0.6 is 47.2 Å². The van der Waals surface area contributed by atoms with Gasteiger partial charge in [-0.3, -0.25) is 0 Å². The third-order valence-electron chi connectivity index (χ3n) is 1.63. The van der Waals surface area contributed by atoms with Crippen LogP contribution in [0.3, 0.4) is 0 Å². The molecule has 0 spiro atoms. The van der Waals surface area contributed by atoms with E-state index < -0.39 is 0 Å². The zero-order chi connectivity index (χ0) is 10.0. The Morgan fingerprint density at radius 2 is 1.79 bits per heavy atom. The summed E-state index contributed by atoms with van der Waals surface area (Å²) in [7, 11) is 0. The Bertz CT molecular complexity index is 303. The smallest absolute Gasteiger partial charge is 0.138 e. The fourth-order valence-electron chi connectivity index (χ4n) is 1.01. The average Bonchev–Trinajstić information content (AvgIpc) is 2.09. The maximum Gasteiger partial charge on any atom is 0.138 e. The van der Waals surface area contributed by atoms with Gasteiger partial charge in [0.05, 0.1) is 15.1 Å². The van der Waals surface area contributed by atoms with Gasteiger partial charge in [-0.05, 0) is 19.0 Å². The Hall–Kier alpha value is 0.140. The largest absolute Gasteiger partial charge is 0.506 e. The molecule has 0 aliphatic rings. The van der Waals surface area contributed by atoms with E-state index in [2.05, 4.69) is 0 Å². The molecule has 1 rings (SSSR count). The molecule has 0 radical (unpaired) electrons. The molecule has 2 nitrogen and oxygen atoms in total. The van der Waals surface area contributed by atoms with Gasteiger partial charge < -0.3 is 10.8 Å². The molecule has 14 heavy (non-hydrogen) atoms. The minimum Gasteiger partial charge on any atom is -0.506 e. The van der Waals surface area contributed by atoms with Gasteiger partial charge in [0, 0.05) is 5.56 Å². The lowest BCUT2D eigenvalue weighted by atomic mass is 10.1. The molecule has 0 amide bonds. The normalized spacial score (nSPS) is 9.71. The number of rotatable bonds is 2. The molecule has 0 bridgehead atoms. The zero-order valence-electron chi connectivity index (χ0n) is 7.06. The van der Waals surface area contributed by atoms with Crippen LogP contribution in [0.1, 0.15) is 5.56 Å². The Kier molecular flexibility index (Phi) is 5.94. The van der Waals surface area contributed by atoms with E-state index in [1.54, 1.807) is 0 Å². The van der Waals surface area contributed by atoms with Crippen molar-refractivity contribution in [2.45, 2.75) is 6.42 Å².